The number of carbonyl (C=O) groups excluding carboxylic acids is 2. The summed E-state index contributed by atoms with van der Waals surface area (Å²) in [6.07, 6.45) is -1.31. The normalized spacial score (nSPS) is 13.7. The molecule has 0 aliphatic carbocycles. The van der Waals surface area contributed by atoms with Gasteiger partial charge in [-0.05, 0) is 19.1 Å². The topological polar surface area (TPSA) is 43.4 Å². The maximum atomic E-state index is 12.7. The Morgan fingerprint density at radius 3 is 2.61 bits per heavy atom. The lowest BCUT2D eigenvalue weighted by Crippen LogP contribution is -2.18. The van der Waals surface area contributed by atoms with Gasteiger partial charge in [0.2, 0.25) is 0 Å². The van der Waals surface area contributed by atoms with Gasteiger partial charge in [-0.15, -0.1) is 0 Å². The summed E-state index contributed by atoms with van der Waals surface area (Å²) >= 11 is 3.16. The van der Waals surface area contributed by atoms with E-state index < -0.39 is 12.1 Å². The highest BCUT2D eigenvalue weighted by Crippen LogP contribution is 2.12. The van der Waals surface area contributed by atoms with Gasteiger partial charge in [-0.2, -0.15) is 0 Å². The third-order valence-electron chi connectivity index (χ3n) is 2.31. The molecule has 3 nitrogen and oxygen atoms in total. The molecule has 0 saturated carbocycles. The Labute approximate surface area is 113 Å². The summed E-state index contributed by atoms with van der Waals surface area (Å²) in [5.41, 5.74) is 1.50. The van der Waals surface area contributed by atoms with Crippen molar-refractivity contribution in [3.05, 3.63) is 35.4 Å². The lowest BCUT2D eigenvalue weighted by Gasteiger charge is -2.10. The molecule has 0 spiro atoms. The van der Waals surface area contributed by atoms with Crippen molar-refractivity contribution in [2.24, 2.45) is 0 Å². The number of hydrogen-bond donors (Lipinski definition) is 0. The van der Waals surface area contributed by atoms with Gasteiger partial charge in [-0.3, -0.25) is 0 Å². The zero-order valence-corrected chi connectivity index (χ0v) is 11.5. The maximum Gasteiger partial charge on any atom is 0.338 e. The molecule has 1 rings (SSSR count). The second-order valence-electron chi connectivity index (χ2n) is 3.95. The standard InChI is InChI=1S/C13H14BrFO3/c1-9-2-4-10(5-3-9)13(17)18-8-11(14)6-12(15)7-16/h2-5,7,11-12H,6,8H2,1H3/t11-,12+/m1/s1. The van der Waals surface area contributed by atoms with E-state index >= 15 is 0 Å². The number of carbonyl (C=O) groups is 2. The molecule has 0 aromatic heterocycles. The number of hydrogen-bond acceptors (Lipinski definition) is 3. The Morgan fingerprint density at radius 2 is 2.06 bits per heavy atom. The Kier molecular flexibility index (Phi) is 5.98. The predicted octanol–water partition coefficient (Wildman–Crippen LogP) is 2.84. The minimum Gasteiger partial charge on any atom is -0.461 e. The van der Waals surface area contributed by atoms with E-state index in [-0.39, 0.29) is 24.1 Å². The summed E-state index contributed by atoms with van der Waals surface area (Å²) in [4.78, 5) is 21.4. The molecule has 1 aromatic carbocycles. The smallest absolute Gasteiger partial charge is 0.338 e. The molecular weight excluding hydrogens is 303 g/mol. The number of benzene rings is 1. The molecule has 0 heterocycles. The van der Waals surface area contributed by atoms with Gasteiger partial charge in [-0.25, -0.2) is 9.18 Å². The number of rotatable bonds is 6. The van der Waals surface area contributed by atoms with E-state index in [4.69, 9.17) is 4.74 Å². The fraction of sp³-hybridized carbons (Fsp3) is 0.385. The first kappa shape index (κ1) is 14.8. The summed E-state index contributed by atoms with van der Waals surface area (Å²) in [5, 5.41) is 0. The Hall–Kier alpha value is -1.23. The van der Waals surface area contributed by atoms with E-state index in [1.165, 1.54) is 0 Å². The molecule has 0 aliphatic heterocycles. The molecule has 0 N–H and O–H groups in total. The SMILES string of the molecule is Cc1ccc(C(=O)OC[C@H](Br)C[C@H](F)C=O)cc1. The van der Waals surface area contributed by atoms with E-state index in [1.54, 1.807) is 12.1 Å². The van der Waals surface area contributed by atoms with Crippen molar-refractivity contribution in [2.45, 2.75) is 24.3 Å². The zero-order valence-electron chi connectivity index (χ0n) is 9.94. The second-order valence-corrected chi connectivity index (χ2v) is 5.24. The number of aryl methyl sites for hydroxylation is 1. The fourth-order valence-corrected chi connectivity index (χ4v) is 1.80. The van der Waals surface area contributed by atoms with Crippen LogP contribution in [0.15, 0.2) is 24.3 Å². The van der Waals surface area contributed by atoms with Crippen molar-refractivity contribution in [2.75, 3.05) is 6.61 Å². The number of alkyl halides is 2. The van der Waals surface area contributed by atoms with Crippen molar-refractivity contribution >= 4 is 28.2 Å². The molecule has 0 aliphatic rings. The van der Waals surface area contributed by atoms with Crippen LogP contribution >= 0.6 is 15.9 Å². The van der Waals surface area contributed by atoms with Crippen LogP contribution in [0.5, 0.6) is 0 Å². The molecule has 0 amide bonds. The average Bonchev–Trinajstić information content (AvgIpc) is 2.36. The second kappa shape index (κ2) is 7.26. The average molecular weight is 317 g/mol. The number of halogens is 2. The Balaban J connectivity index is 2.41. The molecule has 2 atom stereocenters. The molecule has 5 heteroatoms. The predicted molar refractivity (Wildman–Crippen MR) is 69.8 cm³/mol. The van der Waals surface area contributed by atoms with E-state index in [0.717, 1.165) is 5.56 Å². The van der Waals surface area contributed by atoms with Gasteiger partial charge in [0.05, 0.1) is 10.4 Å². The Morgan fingerprint density at radius 1 is 1.44 bits per heavy atom. The number of aldehydes is 1. The third kappa shape index (κ3) is 4.96. The summed E-state index contributed by atoms with van der Waals surface area (Å²) in [6.45, 7) is 1.95. The van der Waals surface area contributed by atoms with Crippen LogP contribution in [0.25, 0.3) is 0 Å². The minimum absolute atomic E-state index is 0.00925. The summed E-state index contributed by atoms with van der Waals surface area (Å²) < 4.78 is 17.7. The molecule has 18 heavy (non-hydrogen) atoms. The molecule has 1 aromatic rings. The van der Waals surface area contributed by atoms with Crippen LogP contribution in [0.2, 0.25) is 0 Å². The minimum atomic E-state index is -1.53. The van der Waals surface area contributed by atoms with Crippen molar-refractivity contribution in [1.29, 1.82) is 0 Å². The van der Waals surface area contributed by atoms with Gasteiger partial charge in [0.15, 0.2) is 12.5 Å². The Bertz CT molecular complexity index is 405. The van der Waals surface area contributed by atoms with Crippen molar-refractivity contribution < 1.29 is 18.7 Å². The summed E-state index contributed by atoms with van der Waals surface area (Å²) in [5.74, 6) is -0.457. The van der Waals surface area contributed by atoms with E-state index in [2.05, 4.69) is 15.9 Å². The van der Waals surface area contributed by atoms with Crippen LogP contribution in [0.4, 0.5) is 4.39 Å². The molecule has 0 fully saturated rings. The van der Waals surface area contributed by atoms with Crippen molar-refractivity contribution in [3.63, 3.8) is 0 Å². The molecule has 0 bridgehead atoms. The number of ether oxygens (including phenoxy) is 1. The molecule has 0 radical (unpaired) electrons. The van der Waals surface area contributed by atoms with Gasteiger partial charge in [0.1, 0.15) is 6.61 Å². The van der Waals surface area contributed by atoms with Crippen LogP contribution in [0.3, 0.4) is 0 Å². The highest BCUT2D eigenvalue weighted by atomic mass is 79.9. The highest BCUT2D eigenvalue weighted by Gasteiger charge is 2.15. The lowest BCUT2D eigenvalue weighted by molar-refractivity contribution is -0.112. The van der Waals surface area contributed by atoms with E-state index in [9.17, 15) is 14.0 Å². The van der Waals surface area contributed by atoms with Crippen LogP contribution < -0.4 is 0 Å². The highest BCUT2D eigenvalue weighted by molar-refractivity contribution is 9.09. The quantitative estimate of drug-likeness (QED) is 0.460. The zero-order chi connectivity index (χ0) is 13.5. The van der Waals surface area contributed by atoms with Crippen LogP contribution in [-0.2, 0) is 9.53 Å². The molecule has 0 unspecified atom stereocenters. The van der Waals surface area contributed by atoms with Gasteiger partial charge in [0.25, 0.3) is 0 Å². The first-order chi connectivity index (χ1) is 8.52. The monoisotopic (exact) mass is 316 g/mol. The molecular formula is C13H14BrFO3. The van der Waals surface area contributed by atoms with Crippen molar-refractivity contribution in [3.8, 4) is 0 Å². The fourth-order valence-electron chi connectivity index (χ4n) is 1.31. The van der Waals surface area contributed by atoms with Gasteiger partial charge >= 0.3 is 5.97 Å². The van der Waals surface area contributed by atoms with Gasteiger partial charge in [-0.1, -0.05) is 33.6 Å². The van der Waals surface area contributed by atoms with E-state index in [1.807, 2.05) is 19.1 Å². The maximum absolute atomic E-state index is 12.7. The van der Waals surface area contributed by atoms with E-state index in [0.29, 0.717) is 5.56 Å². The molecule has 98 valence electrons. The van der Waals surface area contributed by atoms with Crippen LogP contribution in [-0.4, -0.2) is 29.9 Å². The van der Waals surface area contributed by atoms with Gasteiger partial charge in [0, 0.05) is 6.42 Å². The van der Waals surface area contributed by atoms with Crippen LogP contribution in [0, 0.1) is 6.92 Å². The van der Waals surface area contributed by atoms with Crippen molar-refractivity contribution in [1.82, 2.24) is 0 Å². The first-order valence-electron chi connectivity index (χ1n) is 5.50. The molecule has 0 saturated heterocycles. The van der Waals surface area contributed by atoms with Gasteiger partial charge < -0.3 is 9.53 Å². The number of esters is 1. The van der Waals surface area contributed by atoms with Crippen LogP contribution in [0.1, 0.15) is 22.3 Å². The third-order valence-corrected chi connectivity index (χ3v) is 2.95. The largest absolute Gasteiger partial charge is 0.461 e. The first-order valence-corrected chi connectivity index (χ1v) is 6.41. The summed E-state index contributed by atoms with van der Waals surface area (Å²) in [6, 6.07) is 6.97. The summed E-state index contributed by atoms with van der Waals surface area (Å²) in [7, 11) is 0. The lowest BCUT2D eigenvalue weighted by atomic mass is 10.1.